The van der Waals surface area contributed by atoms with Gasteiger partial charge in [-0.05, 0) is 26.8 Å². The SMILES string of the molecule is CC(C)(C)OC(=O)N1CCc2[nH]c3nc(Cl)cc(Cl)c3c2C1. The highest BCUT2D eigenvalue weighted by Gasteiger charge is 2.28. The van der Waals surface area contributed by atoms with E-state index in [1.807, 2.05) is 20.8 Å². The second-order valence-corrected chi connectivity index (χ2v) is 7.18. The third kappa shape index (κ3) is 2.88. The van der Waals surface area contributed by atoms with Gasteiger partial charge in [0.15, 0.2) is 0 Å². The Morgan fingerprint density at radius 2 is 2.14 bits per heavy atom. The fraction of sp³-hybridized carbons (Fsp3) is 0.467. The van der Waals surface area contributed by atoms with Crippen LogP contribution >= 0.6 is 23.2 Å². The van der Waals surface area contributed by atoms with Gasteiger partial charge in [-0.2, -0.15) is 0 Å². The molecule has 1 N–H and O–H groups in total. The topological polar surface area (TPSA) is 58.2 Å². The van der Waals surface area contributed by atoms with Crippen molar-refractivity contribution in [1.29, 1.82) is 0 Å². The number of aromatic amines is 1. The lowest BCUT2D eigenvalue weighted by atomic mass is 10.1. The zero-order valence-electron chi connectivity index (χ0n) is 12.7. The smallest absolute Gasteiger partial charge is 0.410 e. The fourth-order valence-electron chi connectivity index (χ4n) is 2.62. The van der Waals surface area contributed by atoms with Crippen molar-refractivity contribution in [3.63, 3.8) is 0 Å². The van der Waals surface area contributed by atoms with Gasteiger partial charge in [0.2, 0.25) is 0 Å². The fourth-order valence-corrected chi connectivity index (χ4v) is 3.17. The van der Waals surface area contributed by atoms with Gasteiger partial charge in [-0.25, -0.2) is 9.78 Å². The highest BCUT2D eigenvalue weighted by atomic mass is 35.5. The van der Waals surface area contributed by atoms with Crippen LogP contribution in [0.2, 0.25) is 10.2 Å². The van der Waals surface area contributed by atoms with Crippen LogP contribution < -0.4 is 0 Å². The molecule has 0 radical (unpaired) electrons. The summed E-state index contributed by atoms with van der Waals surface area (Å²) in [6.07, 6.45) is 0.393. The van der Waals surface area contributed by atoms with Crippen LogP contribution in [0.1, 0.15) is 32.0 Å². The van der Waals surface area contributed by atoms with Gasteiger partial charge in [-0.1, -0.05) is 23.2 Å². The van der Waals surface area contributed by atoms with E-state index in [1.165, 1.54) is 0 Å². The normalized spacial score (nSPS) is 15.0. The molecule has 0 fully saturated rings. The second kappa shape index (κ2) is 5.32. The van der Waals surface area contributed by atoms with Crippen molar-refractivity contribution in [2.75, 3.05) is 6.54 Å². The van der Waals surface area contributed by atoms with Crippen LogP contribution in [0.5, 0.6) is 0 Å². The maximum absolute atomic E-state index is 12.2. The number of hydrogen-bond acceptors (Lipinski definition) is 3. The molecule has 0 atom stereocenters. The molecule has 2 aromatic rings. The number of nitrogens with zero attached hydrogens (tertiary/aromatic N) is 2. The van der Waals surface area contributed by atoms with E-state index in [4.69, 9.17) is 27.9 Å². The summed E-state index contributed by atoms with van der Waals surface area (Å²) < 4.78 is 5.44. The molecule has 0 spiro atoms. The molecule has 0 aromatic carbocycles. The number of aromatic nitrogens is 2. The molecule has 3 rings (SSSR count). The number of rotatable bonds is 0. The summed E-state index contributed by atoms with van der Waals surface area (Å²) in [6.45, 7) is 6.62. The van der Waals surface area contributed by atoms with Gasteiger partial charge in [-0.3, -0.25) is 0 Å². The Morgan fingerprint density at radius 3 is 2.82 bits per heavy atom. The largest absolute Gasteiger partial charge is 0.444 e. The van der Waals surface area contributed by atoms with Crippen LogP contribution in [-0.2, 0) is 17.7 Å². The molecular weight excluding hydrogens is 325 g/mol. The van der Waals surface area contributed by atoms with Gasteiger partial charge in [0.25, 0.3) is 0 Å². The number of nitrogens with one attached hydrogen (secondary N) is 1. The summed E-state index contributed by atoms with van der Waals surface area (Å²) in [7, 11) is 0. The molecule has 3 heterocycles. The number of H-pyrrole nitrogens is 1. The van der Waals surface area contributed by atoms with Crippen LogP contribution in [0, 0.1) is 0 Å². The van der Waals surface area contributed by atoms with Crippen molar-refractivity contribution in [1.82, 2.24) is 14.9 Å². The molecule has 1 aliphatic rings. The number of carbonyl (C=O) groups is 1. The monoisotopic (exact) mass is 341 g/mol. The van der Waals surface area contributed by atoms with Gasteiger partial charge in [0, 0.05) is 29.6 Å². The maximum atomic E-state index is 12.2. The highest BCUT2D eigenvalue weighted by molar-refractivity contribution is 6.38. The molecule has 2 aromatic heterocycles. The van der Waals surface area contributed by atoms with Crippen LogP contribution in [0.15, 0.2) is 6.07 Å². The molecule has 0 bridgehead atoms. The van der Waals surface area contributed by atoms with E-state index in [9.17, 15) is 4.79 Å². The Bertz CT molecular complexity index is 749. The summed E-state index contributed by atoms with van der Waals surface area (Å²) in [4.78, 5) is 21.4. The van der Waals surface area contributed by atoms with Crippen LogP contribution in [0.4, 0.5) is 4.79 Å². The van der Waals surface area contributed by atoms with E-state index >= 15 is 0 Å². The summed E-state index contributed by atoms with van der Waals surface area (Å²) in [5.41, 5.74) is 2.19. The van der Waals surface area contributed by atoms with E-state index in [0.717, 1.165) is 16.6 Å². The molecule has 22 heavy (non-hydrogen) atoms. The second-order valence-electron chi connectivity index (χ2n) is 6.38. The lowest BCUT2D eigenvalue weighted by Gasteiger charge is -2.30. The quantitative estimate of drug-likeness (QED) is 0.731. The maximum Gasteiger partial charge on any atom is 0.410 e. The third-order valence-electron chi connectivity index (χ3n) is 3.51. The van der Waals surface area contributed by atoms with Gasteiger partial charge >= 0.3 is 6.09 Å². The Balaban J connectivity index is 1.94. The average molecular weight is 342 g/mol. The Hall–Kier alpha value is -1.46. The standard InChI is InChI=1S/C15H17Cl2N3O2/c1-15(2,3)22-14(21)20-5-4-10-8(7-20)12-9(16)6-11(17)19-13(12)18-10/h6H,4-5,7H2,1-3H3,(H,18,19). The number of pyridine rings is 1. The van der Waals surface area contributed by atoms with Gasteiger partial charge in [0.05, 0.1) is 11.6 Å². The van der Waals surface area contributed by atoms with Crippen molar-refractivity contribution >= 4 is 40.3 Å². The van der Waals surface area contributed by atoms with Gasteiger partial charge in [-0.15, -0.1) is 0 Å². The van der Waals surface area contributed by atoms with E-state index in [-0.39, 0.29) is 6.09 Å². The van der Waals surface area contributed by atoms with E-state index in [1.54, 1.807) is 11.0 Å². The van der Waals surface area contributed by atoms with Crippen LogP contribution in [-0.4, -0.2) is 33.1 Å². The number of halogens is 2. The van der Waals surface area contributed by atoms with Gasteiger partial charge < -0.3 is 14.6 Å². The summed E-state index contributed by atoms with van der Waals surface area (Å²) in [6, 6.07) is 1.62. The highest BCUT2D eigenvalue weighted by Crippen LogP contribution is 2.33. The molecule has 7 heteroatoms. The van der Waals surface area contributed by atoms with E-state index in [2.05, 4.69) is 9.97 Å². The van der Waals surface area contributed by atoms with Gasteiger partial charge in [0.1, 0.15) is 16.4 Å². The van der Waals surface area contributed by atoms with Crippen LogP contribution in [0.25, 0.3) is 11.0 Å². The third-order valence-corrected chi connectivity index (χ3v) is 4.00. The lowest BCUT2D eigenvalue weighted by Crippen LogP contribution is -2.39. The Kier molecular flexibility index (Phi) is 3.73. The number of ether oxygens (including phenoxy) is 1. The van der Waals surface area contributed by atoms with Crippen molar-refractivity contribution in [3.8, 4) is 0 Å². The van der Waals surface area contributed by atoms with Crippen molar-refractivity contribution in [3.05, 3.63) is 27.5 Å². The lowest BCUT2D eigenvalue weighted by molar-refractivity contribution is 0.0224. The van der Waals surface area contributed by atoms with E-state index < -0.39 is 5.60 Å². The minimum Gasteiger partial charge on any atom is -0.444 e. The first-order valence-corrected chi connectivity index (χ1v) is 7.83. The average Bonchev–Trinajstić information content (AvgIpc) is 2.73. The summed E-state index contributed by atoms with van der Waals surface area (Å²) in [5.74, 6) is 0. The molecule has 5 nitrogen and oxygen atoms in total. The van der Waals surface area contributed by atoms with Crippen molar-refractivity contribution < 1.29 is 9.53 Å². The zero-order chi connectivity index (χ0) is 16.1. The number of fused-ring (bicyclic) bond motifs is 3. The molecule has 0 saturated carbocycles. The summed E-state index contributed by atoms with van der Waals surface area (Å²) in [5, 5.41) is 1.72. The molecule has 0 aliphatic carbocycles. The molecule has 0 saturated heterocycles. The molecule has 1 aliphatic heterocycles. The minimum absolute atomic E-state index is 0.314. The predicted octanol–water partition coefficient (Wildman–Crippen LogP) is 4.16. The first-order chi connectivity index (χ1) is 10.2. The zero-order valence-corrected chi connectivity index (χ0v) is 14.2. The van der Waals surface area contributed by atoms with Crippen LogP contribution in [0.3, 0.4) is 0 Å². The van der Waals surface area contributed by atoms with Crippen molar-refractivity contribution in [2.45, 2.75) is 39.3 Å². The number of carbonyl (C=O) groups excluding carboxylic acids is 1. The summed E-state index contributed by atoms with van der Waals surface area (Å²) >= 11 is 12.2. The van der Waals surface area contributed by atoms with E-state index in [0.29, 0.717) is 35.3 Å². The Morgan fingerprint density at radius 1 is 1.41 bits per heavy atom. The molecule has 1 amide bonds. The number of amides is 1. The minimum atomic E-state index is -0.510. The molecule has 0 unspecified atom stereocenters. The Labute approximate surface area is 138 Å². The predicted molar refractivity (Wildman–Crippen MR) is 86.5 cm³/mol. The molecular formula is C15H17Cl2N3O2. The first kappa shape index (κ1) is 15.4. The van der Waals surface area contributed by atoms with Crippen molar-refractivity contribution in [2.24, 2.45) is 0 Å². The molecule has 118 valence electrons. The number of hydrogen-bond donors (Lipinski definition) is 1. The first-order valence-electron chi connectivity index (χ1n) is 7.08.